The van der Waals surface area contributed by atoms with E-state index in [4.69, 9.17) is 0 Å². The first kappa shape index (κ1) is 22.0. The van der Waals surface area contributed by atoms with Crippen LogP contribution in [0.4, 0.5) is 17.6 Å². The van der Waals surface area contributed by atoms with Gasteiger partial charge in [0.05, 0.1) is 0 Å². The fraction of sp³-hybridized carbons (Fsp3) is 0.647. The van der Waals surface area contributed by atoms with Crippen LogP contribution in [-0.2, 0) is 0 Å². The third-order valence-corrected chi connectivity index (χ3v) is 4.20. The normalized spacial score (nSPS) is 17.2. The minimum atomic E-state index is -4.47. The number of rotatable bonds is 8. The van der Waals surface area contributed by atoms with Gasteiger partial charge >= 0.3 is 12.5 Å². The van der Waals surface area contributed by atoms with Crippen LogP contribution in [0.2, 0.25) is 0 Å². The van der Waals surface area contributed by atoms with Crippen molar-refractivity contribution < 1.29 is 22.3 Å². The number of hydrogen-bond donors (Lipinski definition) is 1. The molecule has 1 atom stereocenters. The number of halogens is 5. The summed E-state index contributed by atoms with van der Waals surface area (Å²) in [6.07, 6.45) is -5.21. The Morgan fingerprint density at radius 2 is 1.76 bits per heavy atom. The lowest BCUT2D eigenvalue weighted by Crippen LogP contribution is -2.45. The molecule has 8 heteroatoms. The number of piperazine rings is 1. The van der Waals surface area contributed by atoms with Gasteiger partial charge in [-0.1, -0.05) is 31.9 Å². The third kappa shape index (κ3) is 6.31. The van der Waals surface area contributed by atoms with Crippen LogP contribution in [0, 0.1) is 0 Å². The summed E-state index contributed by atoms with van der Waals surface area (Å²) in [6, 6.07) is 6.27. The number of ether oxygens (including phenoxy) is 1. The SMILES string of the molecule is CCCC[C@@H](c1ccc(OC(F)(F)C(F)F)cc1)N1CCNCC1.Cl. The van der Waals surface area contributed by atoms with Gasteiger partial charge in [-0.3, -0.25) is 4.90 Å². The Morgan fingerprint density at radius 3 is 2.28 bits per heavy atom. The van der Waals surface area contributed by atoms with Crippen LogP contribution in [0.1, 0.15) is 37.8 Å². The van der Waals surface area contributed by atoms with Gasteiger partial charge in [0.1, 0.15) is 5.75 Å². The predicted octanol–water partition coefficient (Wildman–Crippen LogP) is 4.48. The Hall–Kier alpha value is -1.05. The van der Waals surface area contributed by atoms with Gasteiger partial charge in [-0.25, -0.2) is 0 Å². The molecule has 0 amide bonds. The summed E-state index contributed by atoms with van der Waals surface area (Å²) in [6.45, 7) is 5.82. The van der Waals surface area contributed by atoms with Crippen molar-refractivity contribution in [3.05, 3.63) is 29.8 Å². The molecule has 0 bridgehead atoms. The number of benzene rings is 1. The molecular weight excluding hydrogens is 360 g/mol. The summed E-state index contributed by atoms with van der Waals surface area (Å²) >= 11 is 0. The molecule has 0 saturated carbocycles. The first-order valence-corrected chi connectivity index (χ1v) is 8.33. The average molecular weight is 385 g/mol. The molecule has 0 unspecified atom stereocenters. The topological polar surface area (TPSA) is 24.5 Å². The number of nitrogens with zero attached hydrogens (tertiary/aromatic N) is 1. The van der Waals surface area contributed by atoms with Crippen molar-refractivity contribution in [3.63, 3.8) is 0 Å². The van der Waals surface area contributed by atoms with E-state index >= 15 is 0 Å². The Kier molecular flexibility index (Phi) is 8.96. The van der Waals surface area contributed by atoms with Gasteiger partial charge in [0.25, 0.3) is 0 Å². The lowest BCUT2D eigenvalue weighted by atomic mass is 9.98. The molecule has 3 nitrogen and oxygen atoms in total. The molecule has 1 N–H and O–H groups in total. The van der Waals surface area contributed by atoms with Gasteiger partial charge < -0.3 is 10.1 Å². The molecule has 1 saturated heterocycles. The second-order valence-corrected chi connectivity index (χ2v) is 5.98. The number of unbranched alkanes of at least 4 members (excludes halogenated alkanes) is 1. The van der Waals surface area contributed by atoms with Crippen molar-refractivity contribution in [1.29, 1.82) is 0 Å². The highest BCUT2D eigenvalue weighted by atomic mass is 35.5. The number of hydrogen-bond acceptors (Lipinski definition) is 3. The van der Waals surface area contributed by atoms with E-state index in [1.165, 1.54) is 12.1 Å². The van der Waals surface area contributed by atoms with E-state index in [9.17, 15) is 17.6 Å². The quantitative estimate of drug-likeness (QED) is 0.669. The molecule has 1 aliphatic rings. The molecule has 2 rings (SSSR count). The van der Waals surface area contributed by atoms with Gasteiger partial charge in [-0.15, -0.1) is 12.4 Å². The molecule has 0 spiro atoms. The van der Waals surface area contributed by atoms with Crippen LogP contribution < -0.4 is 10.1 Å². The Labute approximate surface area is 152 Å². The molecule has 144 valence electrons. The van der Waals surface area contributed by atoms with Crippen LogP contribution in [0.25, 0.3) is 0 Å². The van der Waals surface area contributed by atoms with E-state index in [-0.39, 0.29) is 24.2 Å². The summed E-state index contributed by atoms with van der Waals surface area (Å²) in [5.41, 5.74) is 0.998. The highest BCUT2D eigenvalue weighted by Crippen LogP contribution is 2.31. The Balaban J connectivity index is 0.00000312. The largest absolute Gasteiger partial charge is 0.461 e. The predicted molar refractivity (Wildman–Crippen MR) is 92.0 cm³/mol. The van der Waals surface area contributed by atoms with Crippen molar-refractivity contribution in [2.24, 2.45) is 0 Å². The molecule has 25 heavy (non-hydrogen) atoms. The van der Waals surface area contributed by atoms with Gasteiger partial charge in [-0.2, -0.15) is 17.6 Å². The molecule has 0 aromatic heterocycles. The van der Waals surface area contributed by atoms with E-state index < -0.39 is 12.5 Å². The lowest BCUT2D eigenvalue weighted by Gasteiger charge is -2.35. The minimum absolute atomic E-state index is 0. The molecule has 1 aromatic rings. The van der Waals surface area contributed by atoms with Gasteiger partial charge in [0, 0.05) is 32.2 Å². The van der Waals surface area contributed by atoms with Crippen LogP contribution in [0.5, 0.6) is 5.75 Å². The summed E-state index contributed by atoms with van der Waals surface area (Å²) in [4.78, 5) is 2.37. The molecular formula is C17H25ClF4N2O. The van der Waals surface area contributed by atoms with E-state index in [2.05, 4.69) is 21.9 Å². The summed E-state index contributed by atoms with van der Waals surface area (Å²) in [5.74, 6) is -0.251. The summed E-state index contributed by atoms with van der Waals surface area (Å²) in [7, 11) is 0. The van der Waals surface area contributed by atoms with Crippen LogP contribution >= 0.6 is 12.4 Å². The van der Waals surface area contributed by atoms with Crippen molar-refractivity contribution in [3.8, 4) is 5.75 Å². The summed E-state index contributed by atoms with van der Waals surface area (Å²) in [5, 5.41) is 3.31. The minimum Gasteiger partial charge on any atom is -0.428 e. The zero-order chi connectivity index (χ0) is 17.6. The number of alkyl halides is 4. The standard InChI is InChI=1S/C17H24F4N2O.ClH/c1-2-3-4-15(23-11-9-22-10-12-23)13-5-7-14(8-6-13)24-17(20,21)16(18)19;/h5-8,15-16,22H,2-4,9-12H2,1H3;1H/t15-;/m0./s1. The lowest BCUT2D eigenvalue weighted by molar-refractivity contribution is -0.253. The van der Waals surface area contributed by atoms with Crippen molar-refractivity contribution >= 4 is 12.4 Å². The maximum atomic E-state index is 13.0. The van der Waals surface area contributed by atoms with E-state index in [0.29, 0.717) is 0 Å². The fourth-order valence-corrected chi connectivity index (χ4v) is 2.91. The Morgan fingerprint density at radius 1 is 1.16 bits per heavy atom. The highest BCUT2D eigenvalue weighted by Gasteiger charge is 2.43. The van der Waals surface area contributed by atoms with Gasteiger partial charge in [0.2, 0.25) is 0 Å². The third-order valence-electron chi connectivity index (χ3n) is 4.20. The molecule has 1 fully saturated rings. The van der Waals surface area contributed by atoms with Crippen LogP contribution in [-0.4, -0.2) is 43.6 Å². The highest BCUT2D eigenvalue weighted by molar-refractivity contribution is 5.85. The van der Waals surface area contributed by atoms with E-state index in [1.807, 2.05) is 0 Å². The van der Waals surface area contributed by atoms with E-state index in [0.717, 1.165) is 51.0 Å². The summed E-state index contributed by atoms with van der Waals surface area (Å²) < 4.78 is 54.4. The first-order valence-electron chi connectivity index (χ1n) is 8.33. The molecule has 1 aliphatic heterocycles. The second kappa shape index (κ2) is 10.2. The molecule has 0 aliphatic carbocycles. The van der Waals surface area contributed by atoms with Crippen molar-refractivity contribution in [2.45, 2.75) is 44.8 Å². The zero-order valence-electron chi connectivity index (χ0n) is 14.2. The molecule has 0 radical (unpaired) electrons. The van der Waals surface area contributed by atoms with Crippen molar-refractivity contribution in [2.75, 3.05) is 26.2 Å². The average Bonchev–Trinajstić information content (AvgIpc) is 2.57. The monoisotopic (exact) mass is 384 g/mol. The smallest absolute Gasteiger partial charge is 0.428 e. The Bertz CT molecular complexity index is 496. The fourth-order valence-electron chi connectivity index (χ4n) is 2.91. The molecule has 1 aromatic carbocycles. The van der Waals surface area contributed by atoms with E-state index in [1.54, 1.807) is 12.1 Å². The van der Waals surface area contributed by atoms with Crippen molar-refractivity contribution in [1.82, 2.24) is 10.2 Å². The second-order valence-electron chi connectivity index (χ2n) is 5.98. The maximum absolute atomic E-state index is 13.0. The first-order chi connectivity index (χ1) is 11.4. The zero-order valence-corrected chi connectivity index (χ0v) is 15.0. The van der Waals surface area contributed by atoms with Gasteiger partial charge in [0.15, 0.2) is 0 Å². The number of nitrogens with one attached hydrogen (secondary N) is 1. The maximum Gasteiger partial charge on any atom is 0.461 e. The van der Waals surface area contributed by atoms with Gasteiger partial charge in [-0.05, 0) is 24.1 Å². The van der Waals surface area contributed by atoms with Crippen LogP contribution in [0.15, 0.2) is 24.3 Å². The molecule has 1 heterocycles. The van der Waals surface area contributed by atoms with Crippen LogP contribution in [0.3, 0.4) is 0 Å².